The second kappa shape index (κ2) is 23.9. The van der Waals surface area contributed by atoms with E-state index in [-0.39, 0.29) is 59.6 Å². The second-order valence-corrected chi connectivity index (χ2v) is 21.2. The topological polar surface area (TPSA) is 173 Å². The van der Waals surface area contributed by atoms with Crippen molar-refractivity contribution >= 4 is 39.7 Å². The summed E-state index contributed by atoms with van der Waals surface area (Å²) < 4.78 is 58.2. The zero-order chi connectivity index (χ0) is 51.2. The normalized spacial score (nSPS) is 19.0. The minimum atomic E-state index is -0.366. The van der Waals surface area contributed by atoms with Gasteiger partial charge in [-0.2, -0.15) is 0 Å². The quantitative estimate of drug-likeness (QED) is 0.0663. The van der Waals surface area contributed by atoms with E-state index in [1.807, 2.05) is 38.5 Å². The number of benzene rings is 2. The summed E-state index contributed by atoms with van der Waals surface area (Å²) in [5.74, 6) is 1.89. The highest BCUT2D eigenvalue weighted by Crippen LogP contribution is 2.35. The molecule has 0 spiro atoms. The Hall–Kier alpha value is -5.34. The van der Waals surface area contributed by atoms with Crippen LogP contribution in [-0.2, 0) is 44.9 Å². The zero-order valence-corrected chi connectivity index (χ0v) is 43.5. The van der Waals surface area contributed by atoms with Crippen LogP contribution in [0.15, 0.2) is 55.0 Å². The number of piperidine rings is 2. The average Bonchev–Trinajstić information content (AvgIpc) is 4.00. The third kappa shape index (κ3) is 12.3. The number of carbonyl (C=O) groups is 1. The summed E-state index contributed by atoms with van der Waals surface area (Å²) in [7, 11) is 0. The van der Waals surface area contributed by atoms with Crippen LogP contribution in [0.1, 0.15) is 141 Å². The summed E-state index contributed by atoms with van der Waals surface area (Å²) in [5.41, 5.74) is 6.05. The Morgan fingerprint density at radius 2 is 1.16 bits per heavy atom. The number of esters is 1. The summed E-state index contributed by atoms with van der Waals surface area (Å²) in [6.45, 7) is 14.2. The molecule has 8 heterocycles. The summed E-state index contributed by atoms with van der Waals surface area (Å²) in [6.07, 6.45) is 10.4. The van der Waals surface area contributed by atoms with E-state index < -0.39 is 0 Å². The number of aromatic nitrogens is 6. The SMILES string of the molecule is CSCOC1CCCn2c1nc(C)c(CCN1CCC(c3noc4cc(F)ccc34)CC1)c2=O.Cc1nc2n(c(=O)c1CCN1CCC(c3noc4cc(F)ccc34)CC1)CCCC2OCOC(=O)CC(C)C. The van der Waals surface area contributed by atoms with E-state index in [2.05, 4.69) is 20.1 Å². The van der Waals surface area contributed by atoms with E-state index >= 15 is 0 Å². The Kier molecular flexibility index (Phi) is 17.2. The third-order valence-corrected chi connectivity index (χ3v) is 15.3. The lowest BCUT2D eigenvalue weighted by molar-refractivity contribution is -0.163. The van der Waals surface area contributed by atoms with Crippen LogP contribution in [0.4, 0.5) is 8.78 Å². The van der Waals surface area contributed by atoms with Gasteiger partial charge in [0.05, 0.1) is 17.3 Å². The van der Waals surface area contributed by atoms with Crippen LogP contribution in [0.25, 0.3) is 21.9 Å². The molecular weight excluding hydrogens is 959 g/mol. The van der Waals surface area contributed by atoms with Gasteiger partial charge in [-0.1, -0.05) is 24.2 Å². The summed E-state index contributed by atoms with van der Waals surface area (Å²) in [5, 5.41) is 10.3. The maximum Gasteiger partial charge on any atom is 0.308 e. The van der Waals surface area contributed by atoms with E-state index in [1.54, 1.807) is 28.5 Å². The average molecular weight is 1030 g/mol. The van der Waals surface area contributed by atoms with Gasteiger partial charge in [0.25, 0.3) is 11.1 Å². The molecule has 0 saturated carbocycles. The van der Waals surface area contributed by atoms with Crippen molar-refractivity contribution in [3.05, 3.63) is 114 Å². The molecular formula is C54H68F2N8O8S. The van der Waals surface area contributed by atoms with E-state index in [4.69, 9.17) is 33.2 Å². The van der Waals surface area contributed by atoms with Gasteiger partial charge in [0.2, 0.25) is 0 Å². The molecule has 16 nitrogen and oxygen atoms in total. The number of nitrogens with zero attached hydrogens (tertiary/aromatic N) is 8. The Morgan fingerprint density at radius 3 is 1.62 bits per heavy atom. The van der Waals surface area contributed by atoms with Crippen LogP contribution in [-0.4, -0.2) is 103 Å². The van der Waals surface area contributed by atoms with Gasteiger partial charge in [0, 0.05) is 89.9 Å². The van der Waals surface area contributed by atoms with Crippen LogP contribution in [0.3, 0.4) is 0 Å². The molecule has 0 aliphatic carbocycles. The fourth-order valence-electron chi connectivity index (χ4n) is 11.0. The molecule has 6 aromatic rings. The smallest absolute Gasteiger partial charge is 0.308 e. The summed E-state index contributed by atoms with van der Waals surface area (Å²) in [4.78, 5) is 52.9. The van der Waals surface area contributed by atoms with Crippen LogP contribution in [0.2, 0.25) is 0 Å². The largest absolute Gasteiger partial charge is 0.438 e. The number of rotatable bonds is 16. The standard InChI is InChI=1S/C29H37FN4O5.C25H31FN4O3S/c1-18(2)15-26(35)38-17-37-24-5-4-11-34-28(24)31-19(3)22(29(34)36)10-14-33-12-8-20(9-13-33)27-23-7-6-21(30)16-25(23)39-32-27;1-16-19(25(31)30-10-3-4-21(24(30)27-16)32-15-34-2)9-13-29-11-7-17(8-12-29)23-20-6-5-18(26)14-22(20)33-28-23/h6-7,16,18,20,24H,4-5,8-15,17H2,1-3H3;5-6,14,17,21H,3-4,7-13,15H2,1-2H3. The van der Waals surface area contributed by atoms with Crippen molar-refractivity contribution in [1.29, 1.82) is 0 Å². The van der Waals surface area contributed by atoms with Crippen LogP contribution >= 0.6 is 11.8 Å². The molecule has 0 amide bonds. The lowest BCUT2D eigenvalue weighted by atomic mass is 9.91. The van der Waals surface area contributed by atoms with E-state index in [9.17, 15) is 23.2 Å². The van der Waals surface area contributed by atoms with Gasteiger partial charge >= 0.3 is 5.97 Å². The lowest BCUT2D eigenvalue weighted by Gasteiger charge is -2.31. The fourth-order valence-corrected chi connectivity index (χ4v) is 11.3. The number of thioether (sulfide) groups is 1. The number of hydrogen-bond donors (Lipinski definition) is 0. The molecule has 10 rings (SSSR count). The highest BCUT2D eigenvalue weighted by Gasteiger charge is 2.31. The van der Waals surface area contributed by atoms with Crippen LogP contribution in [0, 0.1) is 31.4 Å². The Balaban J connectivity index is 0.000000181. The zero-order valence-electron chi connectivity index (χ0n) is 42.7. The van der Waals surface area contributed by atoms with E-state index in [0.29, 0.717) is 61.2 Å². The molecule has 2 unspecified atom stereocenters. The molecule has 2 aromatic carbocycles. The molecule has 392 valence electrons. The number of fused-ring (bicyclic) bond motifs is 4. The summed E-state index contributed by atoms with van der Waals surface area (Å²) >= 11 is 1.64. The molecule has 2 fully saturated rings. The van der Waals surface area contributed by atoms with Crippen molar-refractivity contribution in [3.8, 4) is 0 Å². The maximum absolute atomic E-state index is 13.5. The molecule has 0 radical (unpaired) electrons. The fraction of sp³-hybridized carbons (Fsp3) is 0.574. The van der Waals surface area contributed by atoms with Gasteiger partial charge in [-0.05, 0) is 141 Å². The van der Waals surface area contributed by atoms with Crippen LogP contribution in [0.5, 0.6) is 0 Å². The Bertz CT molecular complexity index is 2990. The number of aryl methyl sites for hydroxylation is 2. The first-order valence-electron chi connectivity index (χ1n) is 26.0. The minimum Gasteiger partial charge on any atom is -0.438 e. The monoisotopic (exact) mass is 1030 g/mol. The van der Waals surface area contributed by atoms with Gasteiger partial charge in [-0.15, -0.1) is 11.8 Å². The van der Waals surface area contributed by atoms with Gasteiger partial charge in [-0.25, -0.2) is 18.7 Å². The first-order valence-corrected chi connectivity index (χ1v) is 27.4. The number of hydrogen-bond acceptors (Lipinski definition) is 15. The molecule has 0 N–H and O–H groups in total. The third-order valence-electron chi connectivity index (χ3n) is 14.9. The minimum absolute atomic E-state index is 0.00112. The molecule has 2 atom stereocenters. The van der Waals surface area contributed by atoms with Gasteiger partial charge in [-0.3, -0.25) is 23.5 Å². The van der Waals surface area contributed by atoms with Crippen molar-refractivity contribution in [2.45, 2.75) is 135 Å². The second-order valence-electron chi connectivity index (χ2n) is 20.4. The molecule has 4 aromatic heterocycles. The number of likely N-dealkylation sites (tertiary alicyclic amines) is 2. The predicted octanol–water partition coefficient (Wildman–Crippen LogP) is 9.08. The predicted molar refractivity (Wildman–Crippen MR) is 274 cm³/mol. The van der Waals surface area contributed by atoms with Crippen molar-refractivity contribution in [3.63, 3.8) is 0 Å². The van der Waals surface area contributed by atoms with Gasteiger partial charge < -0.3 is 33.1 Å². The number of ether oxygens (including phenoxy) is 3. The molecule has 2 saturated heterocycles. The maximum atomic E-state index is 13.5. The van der Waals surface area contributed by atoms with E-state index in [0.717, 1.165) is 141 Å². The van der Waals surface area contributed by atoms with Crippen molar-refractivity contribution in [2.24, 2.45) is 5.92 Å². The van der Waals surface area contributed by atoms with Crippen LogP contribution < -0.4 is 11.1 Å². The van der Waals surface area contributed by atoms with Crippen molar-refractivity contribution in [2.75, 3.05) is 58.3 Å². The van der Waals surface area contributed by atoms with Crippen molar-refractivity contribution in [1.82, 2.24) is 39.2 Å². The van der Waals surface area contributed by atoms with Crippen molar-refractivity contribution < 1.29 is 36.8 Å². The molecule has 19 heteroatoms. The Morgan fingerprint density at radius 1 is 0.699 bits per heavy atom. The molecule has 73 heavy (non-hydrogen) atoms. The summed E-state index contributed by atoms with van der Waals surface area (Å²) in [6, 6.07) is 9.19. The van der Waals surface area contributed by atoms with Gasteiger partial charge in [0.1, 0.15) is 35.5 Å². The van der Waals surface area contributed by atoms with E-state index in [1.165, 1.54) is 24.3 Å². The highest BCUT2D eigenvalue weighted by molar-refractivity contribution is 7.98. The number of carbonyl (C=O) groups excluding carboxylic acids is 1. The first kappa shape index (κ1) is 52.5. The first-order chi connectivity index (χ1) is 35.3. The lowest BCUT2D eigenvalue weighted by Crippen LogP contribution is -2.38. The molecule has 4 aliphatic rings. The molecule has 4 aliphatic heterocycles. The Labute approximate surface area is 428 Å². The molecule has 0 bridgehead atoms. The number of halogens is 2. The van der Waals surface area contributed by atoms with Gasteiger partial charge in [0.15, 0.2) is 18.0 Å². The highest BCUT2D eigenvalue weighted by atomic mass is 32.2.